The third-order valence-corrected chi connectivity index (χ3v) is 5.51. The Bertz CT molecular complexity index is 1320. The third kappa shape index (κ3) is 5.18. The molecule has 0 aliphatic heterocycles. The zero-order valence-electron chi connectivity index (χ0n) is 19.3. The molecule has 0 aliphatic rings. The Morgan fingerprint density at radius 2 is 1.65 bits per heavy atom. The maximum absolute atomic E-state index is 12.6. The van der Waals surface area contributed by atoms with E-state index in [0.29, 0.717) is 28.9 Å². The normalized spacial score (nSPS) is 10.9. The number of ether oxygens (including phenoxy) is 2. The highest BCUT2D eigenvalue weighted by atomic mass is 32.1. The van der Waals surface area contributed by atoms with Crippen molar-refractivity contribution >= 4 is 40.0 Å². The lowest BCUT2D eigenvalue weighted by molar-refractivity contribution is 0.0977. The molecule has 4 rings (SSSR count). The first-order valence-electron chi connectivity index (χ1n) is 10.7. The van der Waals surface area contributed by atoms with Crippen LogP contribution in [0.5, 0.6) is 11.5 Å². The number of anilines is 1. The van der Waals surface area contributed by atoms with E-state index < -0.39 is 0 Å². The number of hydrogen-bond acceptors (Lipinski definition) is 6. The molecular weight excluding hydrogens is 450 g/mol. The minimum Gasteiger partial charge on any atom is -0.497 e. The second kappa shape index (κ2) is 9.93. The molecule has 0 fully saturated rings. The highest BCUT2D eigenvalue weighted by Crippen LogP contribution is 2.28. The van der Waals surface area contributed by atoms with E-state index >= 15 is 0 Å². The summed E-state index contributed by atoms with van der Waals surface area (Å²) in [6.07, 6.45) is 0. The Morgan fingerprint density at radius 1 is 0.971 bits per heavy atom. The Balaban J connectivity index is 1.43. The van der Waals surface area contributed by atoms with Gasteiger partial charge in [-0.3, -0.25) is 10.1 Å². The Labute approximate surface area is 203 Å². The van der Waals surface area contributed by atoms with E-state index in [2.05, 4.69) is 41.6 Å². The lowest BCUT2D eigenvalue weighted by atomic mass is 10.0. The van der Waals surface area contributed by atoms with Crippen LogP contribution in [0.4, 0.5) is 5.69 Å². The number of fused-ring (bicyclic) bond motifs is 1. The van der Waals surface area contributed by atoms with Crippen molar-refractivity contribution < 1.29 is 18.7 Å². The standard InChI is InChI=1S/C26H25N3O4S/c1-15(2)17-7-10-23-22(13-17)28-25(33-23)16-5-8-19(9-6-16)27-26(34)29-24(30)18-11-20(31-3)14-21(12-18)32-4/h5-15H,1-4H3,(H2,27,29,30,34). The lowest BCUT2D eigenvalue weighted by Crippen LogP contribution is -2.34. The van der Waals surface area contributed by atoms with E-state index in [1.807, 2.05) is 30.3 Å². The molecule has 1 heterocycles. The maximum atomic E-state index is 12.6. The lowest BCUT2D eigenvalue weighted by Gasteiger charge is -2.11. The fraction of sp³-hybridized carbons (Fsp3) is 0.192. The van der Waals surface area contributed by atoms with E-state index in [1.165, 1.54) is 19.8 Å². The van der Waals surface area contributed by atoms with Gasteiger partial charge in [0.1, 0.15) is 17.0 Å². The Morgan fingerprint density at radius 3 is 2.26 bits per heavy atom. The highest BCUT2D eigenvalue weighted by molar-refractivity contribution is 7.80. The molecule has 0 unspecified atom stereocenters. The number of nitrogens with zero attached hydrogens (tertiary/aromatic N) is 1. The molecule has 0 spiro atoms. The summed E-state index contributed by atoms with van der Waals surface area (Å²) in [6, 6.07) is 18.4. The van der Waals surface area contributed by atoms with Gasteiger partial charge in [0.05, 0.1) is 14.2 Å². The maximum Gasteiger partial charge on any atom is 0.257 e. The number of carbonyl (C=O) groups excluding carboxylic acids is 1. The van der Waals surface area contributed by atoms with Gasteiger partial charge in [-0.05, 0) is 72.2 Å². The minimum atomic E-state index is -0.376. The zero-order valence-corrected chi connectivity index (χ0v) is 20.2. The van der Waals surface area contributed by atoms with Crippen molar-refractivity contribution in [2.24, 2.45) is 0 Å². The summed E-state index contributed by atoms with van der Waals surface area (Å²) in [5.41, 5.74) is 4.73. The molecule has 34 heavy (non-hydrogen) atoms. The molecule has 4 aromatic rings. The van der Waals surface area contributed by atoms with Crippen molar-refractivity contribution in [3.8, 4) is 23.0 Å². The van der Waals surface area contributed by atoms with Gasteiger partial charge in [-0.2, -0.15) is 0 Å². The number of methoxy groups -OCH3 is 2. The van der Waals surface area contributed by atoms with Crippen LogP contribution in [0.25, 0.3) is 22.6 Å². The number of oxazole rings is 1. The molecule has 0 atom stereocenters. The van der Waals surface area contributed by atoms with Gasteiger partial charge in [0, 0.05) is 22.9 Å². The SMILES string of the molecule is COc1cc(OC)cc(C(=O)NC(=S)Nc2ccc(-c3nc4cc(C(C)C)ccc4o3)cc2)c1. The van der Waals surface area contributed by atoms with Crippen LogP contribution in [0.15, 0.2) is 65.1 Å². The van der Waals surface area contributed by atoms with Crippen molar-refractivity contribution in [3.63, 3.8) is 0 Å². The summed E-state index contributed by atoms with van der Waals surface area (Å²) in [4.78, 5) is 17.2. The number of rotatable bonds is 6. The number of carbonyl (C=O) groups is 1. The molecule has 2 N–H and O–H groups in total. The monoisotopic (exact) mass is 475 g/mol. The highest BCUT2D eigenvalue weighted by Gasteiger charge is 2.13. The van der Waals surface area contributed by atoms with Crippen LogP contribution in [0.1, 0.15) is 35.7 Å². The number of thiocarbonyl (C=S) groups is 1. The number of amides is 1. The number of benzene rings is 3. The number of aromatic nitrogens is 1. The van der Waals surface area contributed by atoms with Crippen LogP contribution in [-0.2, 0) is 0 Å². The molecule has 3 aromatic carbocycles. The molecule has 0 aliphatic carbocycles. The van der Waals surface area contributed by atoms with E-state index in [-0.39, 0.29) is 11.0 Å². The zero-order chi connectivity index (χ0) is 24.2. The van der Waals surface area contributed by atoms with Gasteiger partial charge in [0.25, 0.3) is 5.91 Å². The quantitative estimate of drug-likeness (QED) is 0.343. The van der Waals surface area contributed by atoms with Crippen LogP contribution in [0.3, 0.4) is 0 Å². The van der Waals surface area contributed by atoms with Gasteiger partial charge < -0.3 is 19.2 Å². The Kier molecular flexibility index (Phi) is 6.79. The smallest absolute Gasteiger partial charge is 0.257 e. The molecule has 8 heteroatoms. The van der Waals surface area contributed by atoms with Crippen LogP contribution in [0.2, 0.25) is 0 Å². The summed E-state index contributed by atoms with van der Waals surface area (Å²) in [5, 5.41) is 5.85. The summed E-state index contributed by atoms with van der Waals surface area (Å²) in [6.45, 7) is 4.29. The molecule has 0 saturated carbocycles. The van der Waals surface area contributed by atoms with Gasteiger partial charge in [0.2, 0.25) is 5.89 Å². The van der Waals surface area contributed by atoms with Crippen LogP contribution >= 0.6 is 12.2 Å². The predicted octanol–water partition coefficient (Wildman–Crippen LogP) is 5.76. The van der Waals surface area contributed by atoms with E-state index in [1.54, 1.807) is 18.2 Å². The summed E-state index contributed by atoms with van der Waals surface area (Å²) < 4.78 is 16.3. The van der Waals surface area contributed by atoms with Crippen molar-refractivity contribution in [3.05, 3.63) is 71.8 Å². The van der Waals surface area contributed by atoms with Crippen LogP contribution < -0.4 is 20.1 Å². The second-order valence-corrected chi connectivity index (χ2v) is 8.40. The average molecular weight is 476 g/mol. The summed E-state index contributed by atoms with van der Waals surface area (Å²) in [5.74, 6) is 1.62. The molecule has 174 valence electrons. The fourth-order valence-electron chi connectivity index (χ4n) is 3.40. The minimum absolute atomic E-state index is 0.169. The molecule has 7 nitrogen and oxygen atoms in total. The van der Waals surface area contributed by atoms with Gasteiger partial charge in [-0.25, -0.2) is 4.98 Å². The third-order valence-electron chi connectivity index (χ3n) is 5.31. The first kappa shape index (κ1) is 23.3. The van der Waals surface area contributed by atoms with E-state index in [9.17, 15) is 4.79 Å². The van der Waals surface area contributed by atoms with E-state index in [0.717, 1.165) is 22.4 Å². The van der Waals surface area contributed by atoms with Crippen LogP contribution in [-0.4, -0.2) is 30.2 Å². The predicted molar refractivity (Wildman–Crippen MR) is 137 cm³/mol. The van der Waals surface area contributed by atoms with Crippen molar-refractivity contribution in [2.45, 2.75) is 19.8 Å². The molecule has 0 saturated heterocycles. The molecule has 0 bridgehead atoms. The van der Waals surface area contributed by atoms with Gasteiger partial charge >= 0.3 is 0 Å². The van der Waals surface area contributed by atoms with Gasteiger partial charge in [-0.15, -0.1) is 0 Å². The molecule has 0 radical (unpaired) electrons. The average Bonchev–Trinajstić information content (AvgIpc) is 3.27. The fourth-order valence-corrected chi connectivity index (χ4v) is 3.61. The van der Waals surface area contributed by atoms with Crippen LogP contribution in [0, 0.1) is 0 Å². The summed E-state index contributed by atoms with van der Waals surface area (Å²) in [7, 11) is 3.05. The number of nitrogens with one attached hydrogen (secondary N) is 2. The topological polar surface area (TPSA) is 85.6 Å². The van der Waals surface area contributed by atoms with Crippen molar-refractivity contribution in [2.75, 3.05) is 19.5 Å². The molecular formula is C26H25N3O4S. The largest absolute Gasteiger partial charge is 0.497 e. The summed E-state index contributed by atoms with van der Waals surface area (Å²) >= 11 is 5.30. The second-order valence-electron chi connectivity index (χ2n) is 7.99. The first-order chi connectivity index (χ1) is 16.4. The van der Waals surface area contributed by atoms with E-state index in [4.69, 9.17) is 26.1 Å². The van der Waals surface area contributed by atoms with Crippen molar-refractivity contribution in [1.29, 1.82) is 0 Å². The van der Waals surface area contributed by atoms with Crippen molar-refractivity contribution in [1.82, 2.24) is 10.3 Å². The Hall–Kier alpha value is -3.91. The van der Waals surface area contributed by atoms with Gasteiger partial charge in [0.15, 0.2) is 10.7 Å². The molecule has 1 aromatic heterocycles. The number of hydrogen-bond donors (Lipinski definition) is 2. The van der Waals surface area contributed by atoms with Gasteiger partial charge in [-0.1, -0.05) is 19.9 Å². The first-order valence-corrected chi connectivity index (χ1v) is 11.1. The molecule has 1 amide bonds.